The zero-order valence-electron chi connectivity index (χ0n) is 26.7. The van der Waals surface area contributed by atoms with Crippen LogP contribution < -0.4 is 31.1 Å². The largest absolute Gasteiger partial charge is 0.370 e. The maximum atomic E-state index is 2.96. The van der Waals surface area contributed by atoms with Gasteiger partial charge in [0.1, 0.15) is 0 Å². The molecule has 43 heavy (non-hydrogen) atoms. The number of anilines is 5. The molecule has 3 aromatic rings. The van der Waals surface area contributed by atoms with Gasteiger partial charge in [-0.1, -0.05) is 75.9 Å². The predicted molar refractivity (Wildman–Crippen MR) is 183 cm³/mol. The zero-order chi connectivity index (χ0) is 28.9. The quantitative estimate of drug-likeness (QED) is 0.286. The molecule has 3 fully saturated rings. The Kier molecular flexibility index (Phi) is 4.76. The molecule has 0 radical (unpaired) electrons. The molecule has 2 saturated carbocycles. The topological polar surface area (TPSA) is 9.72 Å². The summed E-state index contributed by atoms with van der Waals surface area (Å²) in [4.78, 5) is 8.61. The van der Waals surface area contributed by atoms with Crippen molar-refractivity contribution in [1.82, 2.24) is 0 Å². The van der Waals surface area contributed by atoms with Crippen LogP contribution in [0.5, 0.6) is 0 Å². The Morgan fingerprint density at radius 3 is 1.86 bits per heavy atom. The van der Waals surface area contributed by atoms with E-state index in [0.717, 1.165) is 0 Å². The second kappa shape index (κ2) is 8.04. The fourth-order valence-electron chi connectivity index (χ4n) is 11.9. The highest BCUT2D eigenvalue weighted by Gasteiger charge is 2.65. The number of fused-ring (bicyclic) bond motifs is 11. The summed E-state index contributed by atoms with van der Waals surface area (Å²) in [5.41, 5.74) is 16.2. The molecule has 4 heteroatoms. The molecule has 0 aromatic heterocycles. The van der Waals surface area contributed by atoms with Gasteiger partial charge in [-0.05, 0) is 98.4 Å². The van der Waals surface area contributed by atoms with Crippen molar-refractivity contribution in [2.75, 3.05) is 27.8 Å². The summed E-state index contributed by atoms with van der Waals surface area (Å²) in [6, 6.07) is 20.0. The minimum Gasteiger partial charge on any atom is -0.370 e. The molecular formula is C39H46BN3. The van der Waals surface area contributed by atoms with Gasteiger partial charge in [-0.15, -0.1) is 0 Å². The molecule has 5 heterocycles. The van der Waals surface area contributed by atoms with Crippen molar-refractivity contribution in [1.29, 1.82) is 0 Å². The van der Waals surface area contributed by atoms with Crippen LogP contribution in [0.1, 0.15) is 109 Å². The summed E-state index contributed by atoms with van der Waals surface area (Å²) in [5, 5.41) is 0. The lowest BCUT2D eigenvalue weighted by molar-refractivity contribution is 0.195. The van der Waals surface area contributed by atoms with Crippen molar-refractivity contribution < 1.29 is 0 Å². The van der Waals surface area contributed by atoms with E-state index in [1.807, 2.05) is 0 Å². The van der Waals surface area contributed by atoms with Crippen molar-refractivity contribution in [2.24, 2.45) is 0 Å². The molecule has 4 unspecified atom stereocenters. The summed E-state index contributed by atoms with van der Waals surface area (Å²) in [6.45, 7) is 13.2. The summed E-state index contributed by atoms with van der Waals surface area (Å²) in [6.07, 6.45) is 14.5. The average molecular weight is 568 g/mol. The molecule has 220 valence electrons. The number of benzene rings is 3. The first-order chi connectivity index (χ1) is 20.8. The summed E-state index contributed by atoms with van der Waals surface area (Å²) < 4.78 is 0. The number of nitrogens with zero attached hydrogens (tertiary/aromatic N) is 3. The molecule has 0 spiro atoms. The lowest BCUT2D eigenvalue weighted by Gasteiger charge is -2.54. The van der Waals surface area contributed by atoms with Crippen molar-refractivity contribution >= 4 is 51.5 Å². The molecule has 0 N–H and O–H groups in total. The third kappa shape index (κ3) is 2.67. The molecule has 0 bridgehead atoms. The third-order valence-corrected chi connectivity index (χ3v) is 14.6. The summed E-state index contributed by atoms with van der Waals surface area (Å²) in [7, 11) is 0. The molecule has 10 rings (SSSR count). The van der Waals surface area contributed by atoms with Gasteiger partial charge in [0.15, 0.2) is 0 Å². The van der Waals surface area contributed by atoms with Crippen LogP contribution in [-0.4, -0.2) is 30.9 Å². The number of hydrogen-bond acceptors (Lipinski definition) is 3. The van der Waals surface area contributed by atoms with Crippen molar-refractivity contribution in [3.63, 3.8) is 0 Å². The van der Waals surface area contributed by atoms with Crippen molar-refractivity contribution in [2.45, 2.75) is 120 Å². The van der Waals surface area contributed by atoms with E-state index in [1.54, 1.807) is 44.6 Å². The summed E-state index contributed by atoms with van der Waals surface area (Å²) >= 11 is 0. The van der Waals surface area contributed by atoms with E-state index in [2.05, 4.69) is 90.9 Å². The van der Waals surface area contributed by atoms with Gasteiger partial charge in [-0.3, -0.25) is 0 Å². The van der Waals surface area contributed by atoms with E-state index in [1.165, 1.54) is 95.1 Å². The maximum absolute atomic E-state index is 2.96. The van der Waals surface area contributed by atoms with Crippen LogP contribution in [0.3, 0.4) is 0 Å². The van der Waals surface area contributed by atoms with Crippen LogP contribution >= 0.6 is 0 Å². The van der Waals surface area contributed by atoms with Gasteiger partial charge >= 0.3 is 0 Å². The van der Waals surface area contributed by atoms with Crippen molar-refractivity contribution in [3.8, 4) is 0 Å². The van der Waals surface area contributed by atoms with Crippen molar-refractivity contribution in [3.05, 3.63) is 59.7 Å². The Labute approximate surface area is 258 Å². The SMILES string of the molecule is CC12CCCCC1(C)N1c3ccc4c5c3B(c3cccc(N6CCCCC6)c3N5C3(C)CCCCC43C)c3cccc2c31. The molecule has 5 aliphatic heterocycles. The zero-order valence-corrected chi connectivity index (χ0v) is 26.7. The maximum Gasteiger partial charge on any atom is 0.252 e. The minimum atomic E-state index is 0.0880. The first-order valence-corrected chi connectivity index (χ1v) is 17.6. The van der Waals surface area contributed by atoms with E-state index in [9.17, 15) is 0 Å². The monoisotopic (exact) mass is 567 g/mol. The van der Waals surface area contributed by atoms with Gasteiger partial charge in [0.2, 0.25) is 0 Å². The van der Waals surface area contributed by atoms with E-state index in [0.29, 0.717) is 6.71 Å². The molecule has 4 atom stereocenters. The second-order valence-corrected chi connectivity index (χ2v) is 16.1. The highest BCUT2D eigenvalue weighted by Crippen LogP contribution is 2.66. The second-order valence-electron chi connectivity index (χ2n) is 16.1. The Bertz CT molecular complexity index is 1720. The Morgan fingerprint density at radius 2 is 1.14 bits per heavy atom. The molecule has 3 aromatic carbocycles. The highest BCUT2D eigenvalue weighted by molar-refractivity contribution is 7.00. The van der Waals surface area contributed by atoms with E-state index < -0.39 is 0 Å². The fourth-order valence-corrected chi connectivity index (χ4v) is 11.9. The number of rotatable bonds is 1. The lowest BCUT2D eigenvalue weighted by Crippen LogP contribution is -2.66. The molecule has 2 aliphatic carbocycles. The first-order valence-electron chi connectivity index (χ1n) is 17.6. The normalized spacial score (nSPS) is 34.4. The summed E-state index contributed by atoms with van der Waals surface area (Å²) in [5.74, 6) is 0. The smallest absolute Gasteiger partial charge is 0.252 e. The van der Waals surface area contributed by atoms with Crippen LogP contribution in [0, 0.1) is 0 Å². The molecule has 1 saturated heterocycles. The number of hydrogen-bond donors (Lipinski definition) is 0. The van der Waals surface area contributed by atoms with Gasteiger partial charge in [0.25, 0.3) is 6.71 Å². The number of piperidine rings is 1. The Morgan fingerprint density at radius 1 is 0.535 bits per heavy atom. The van der Waals surface area contributed by atoms with Gasteiger partial charge in [-0.25, -0.2) is 0 Å². The minimum absolute atomic E-state index is 0.0880. The predicted octanol–water partition coefficient (Wildman–Crippen LogP) is 7.30. The van der Waals surface area contributed by atoms with E-state index in [4.69, 9.17) is 0 Å². The Balaban J connectivity index is 1.33. The lowest BCUT2D eigenvalue weighted by atomic mass is 9.33. The highest BCUT2D eigenvalue weighted by atomic mass is 15.3. The van der Waals surface area contributed by atoms with Gasteiger partial charge in [-0.2, -0.15) is 0 Å². The standard InChI is InChI=1S/C39H46BN3/c1-36-20-6-8-22-38(36,3)42-30-19-18-27-34-32(30)40(28-15-12-14-26(36)33(28)42)29-16-13-17-31(41-24-10-5-11-25-41)35(29)43(34)39(4)23-9-7-21-37(27,39)2/h12-19H,5-11,20-25H2,1-4H3. The van der Waals surface area contributed by atoms with Crippen LogP contribution in [0.25, 0.3) is 0 Å². The first kappa shape index (κ1) is 25.5. The molecule has 0 amide bonds. The average Bonchev–Trinajstić information content (AvgIpc) is 3.38. The molecule has 7 aliphatic rings. The van der Waals surface area contributed by atoms with Crippen LogP contribution in [-0.2, 0) is 10.8 Å². The van der Waals surface area contributed by atoms with Crippen LogP contribution in [0.15, 0.2) is 48.5 Å². The number of para-hydroxylation sites is 2. The third-order valence-electron chi connectivity index (χ3n) is 14.6. The van der Waals surface area contributed by atoms with E-state index in [-0.39, 0.29) is 21.9 Å². The van der Waals surface area contributed by atoms with Crippen LogP contribution in [0.2, 0.25) is 0 Å². The fraction of sp³-hybridized carbons (Fsp3) is 0.538. The Hall–Kier alpha value is -2.88. The van der Waals surface area contributed by atoms with Gasteiger partial charge in [0, 0.05) is 41.0 Å². The van der Waals surface area contributed by atoms with Crippen LogP contribution in [0.4, 0.5) is 28.4 Å². The van der Waals surface area contributed by atoms with E-state index >= 15 is 0 Å². The van der Waals surface area contributed by atoms with Gasteiger partial charge < -0.3 is 14.7 Å². The molecular weight excluding hydrogens is 521 g/mol. The molecule has 3 nitrogen and oxygen atoms in total. The van der Waals surface area contributed by atoms with Gasteiger partial charge in [0.05, 0.1) is 22.5 Å².